The van der Waals surface area contributed by atoms with E-state index in [0.29, 0.717) is 11.4 Å². The van der Waals surface area contributed by atoms with E-state index >= 15 is 0 Å². The van der Waals surface area contributed by atoms with Gasteiger partial charge in [-0.05, 0) is 0 Å². The molecule has 0 atom stereocenters. The average molecular weight is 171 g/mol. The van der Waals surface area contributed by atoms with Gasteiger partial charge in [-0.3, -0.25) is 4.79 Å². The summed E-state index contributed by atoms with van der Waals surface area (Å²) in [6, 6.07) is 7.20. The van der Waals surface area contributed by atoms with Crippen molar-refractivity contribution in [3.8, 4) is 11.4 Å². The molecule has 13 heavy (non-hydrogen) atoms. The molecule has 0 bridgehead atoms. The molecule has 0 saturated heterocycles. The Balaban J connectivity index is 2.57. The van der Waals surface area contributed by atoms with Crippen LogP contribution in [-0.4, -0.2) is 16.3 Å². The van der Waals surface area contributed by atoms with Crippen LogP contribution in [-0.2, 0) is 4.79 Å². The van der Waals surface area contributed by atoms with Gasteiger partial charge in [0, 0.05) is 23.5 Å². The van der Waals surface area contributed by atoms with Crippen molar-refractivity contribution in [1.82, 2.24) is 9.97 Å². The second kappa shape index (κ2) is 3.23. The lowest BCUT2D eigenvalue weighted by Crippen LogP contribution is -1.88. The first-order chi connectivity index (χ1) is 6.42. The first kappa shape index (κ1) is 7.73. The van der Waals surface area contributed by atoms with Crippen molar-refractivity contribution in [2.24, 2.45) is 0 Å². The summed E-state index contributed by atoms with van der Waals surface area (Å²) in [5.41, 5.74) is 1.31. The summed E-state index contributed by atoms with van der Waals surface area (Å²) in [4.78, 5) is 17.6. The summed E-state index contributed by atoms with van der Waals surface area (Å²) in [6.07, 6.45) is 5.24. The SMILES string of the molecule is O=[C]c1ccccc1-c1ncc[nH]1. The number of aromatic nitrogens is 2. The lowest BCUT2D eigenvalue weighted by Gasteiger charge is -1.98. The van der Waals surface area contributed by atoms with E-state index in [0.717, 1.165) is 5.56 Å². The van der Waals surface area contributed by atoms with Crippen molar-refractivity contribution in [1.29, 1.82) is 0 Å². The van der Waals surface area contributed by atoms with Crippen molar-refractivity contribution in [2.45, 2.75) is 0 Å². The number of carbonyl (C=O) groups excluding carboxylic acids is 1. The number of hydrogen-bond donors (Lipinski definition) is 1. The largest absolute Gasteiger partial charge is 0.345 e. The molecule has 3 heteroatoms. The maximum atomic E-state index is 10.6. The third-order valence-electron chi connectivity index (χ3n) is 1.79. The van der Waals surface area contributed by atoms with Crippen molar-refractivity contribution < 1.29 is 4.79 Å². The molecular formula is C10H7N2O. The van der Waals surface area contributed by atoms with Crippen LogP contribution in [0.5, 0.6) is 0 Å². The van der Waals surface area contributed by atoms with Gasteiger partial charge in [0.05, 0.1) is 0 Å². The van der Waals surface area contributed by atoms with Crippen molar-refractivity contribution in [3.63, 3.8) is 0 Å². The Morgan fingerprint density at radius 2 is 2.15 bits per heavy atom. The van der Waals surface area contributed by atoms with Gasteiger partial charge in [-0.15, -0.1) is 0 Å². The molecule has 1 N–H and O–H groups in total. The normalized spacial score (nSPS) is 9.85. The number of hydrogen-bond acceptors (Lipinski definition) is 2. The van der Waals surface area contributed by atoms with Crippen molar-refractivity contribution in [3.05, 3.63) is 42.2 Å². The van der Waals surface area contributed by atoms with E-state index in [-0.39, 0.29) is 0 Å². The molecule has 0 amide bonds. The highest BCUT2D eigenvalue weighted by Gasteiger charge is 2.04. The maximum Gasteiger partial charge on any atom is 0.234 e. The topological polar surface area (TPSA) is 45.8 Å². The molecule has 0 aliphatic carbocycles. The minimum Gasteiger partial charge on any atom is -0.345 e. The van der Waals surface area contributed by atoms with Gasteiger partial charge in [-0.1, -0.05) is 24.3 Å². The Labute approximate surface area is 75.4 Å². The van der Waals surface area contributed by atoms with Crippen LogP contribution in [0.1, 0.15) is 5.56 Å². The maximum absolute atomic E-state index is 10.6. The van der Waals surface area contributed by atoms with Crippen molar-refractivity contribution in [2.75, 3.05) is 0 Å². The van der Waals surface area contributed by atoms with Gasteiger partial charge in [-0.2, -0.15) is 0 Å². The molecular weight excluding hydrogens is 164 g/mol. The molecule has 1 aromatic heterocycles. The quantitative estimate of drug-likeness (QED) is 0.744. The van der Waals surface area contributed by atoms with Crippen LogP contribution in [0.25, 0.3) is 11.4 Å². The third kappa shape index (κ3) is 1.36. The predicted molar refractivity (Wildman–Crippen MR) is 48.8 cm³/mol. The Hall–Kier alpha value is -1.90. The highest BCUT2D eigenvalue weighted by atomic mass is 16.1. The summed E-state index contributed by atoms with van der Waals surface area (Å²) in [5, 5.41) is 0. The second-order valence-electron chi connectivity index (χ2n) is 2.59. The van der Waals surface area contributed by atoms with Crippen molar-refractivity contribution >= 4 is 6.29 Å². The molecule has 0 fully saturated rings. The fourth-order valence-corrected chi connectivity index (χ4v) is 1.19. The van der Waals surface area contributed by atoms with E-state index < -0.39 is 0 Å². The van der Waals surface area contributed by atoms with Crippen LogP contribution in [0.4, 0.5) is 0 Å². The molecule has 1 radical (unpaired) electrons. The zero-order chi connectivity index (χ0) is 9.10. The molecule has 0 saturated carbocycles. The number of rotatable bonds is 2. The van der Waals surface area contributed by atoms with Crippen LogP contribution in [0.15, 0.2) is 36.7 Å². The Morgan fingerprint density at radius 3 is 2.85 bits per heavy atom. The monoisotopic (exact) mass is 171 g/mol. The summed E-state index contributed by atoms with van der Waals surface area (Å²) < 4.78 is 0. The Bertz CT molecular complexity index is 407. The molecule has 3 nitrogen and oxygen atoms in total. The standard InChI is InChI=1S/C10H7N2O/c13-7-8-3-1-2-4-9(8)10-11-5-6-12-10/h1-6H,(H,11,12). The zero-order valence-electron chi connectivity index (χ0n) is 6.82. The first-order valence-electron chi connectivity index (χ1n) is 3.89. The number of benzene rings is 1. The summed E-state index contributed by atoms with van der Waals surface area (Å²) >= 11 is 0. The minimum absolute atomic E-state index is 0.525. The summed E-state index contributed by atoms with van der Waals surface area (Å²) in [7, 11) is 0. The predicted octanol–water partition coefficient (Wildman–Crippen LogP) is 1.53. The van der Waals surface area contributed by atoms with E-state index in [2.05, 4.69) is 9.97 Å². The van der Waals surface area contributed by atoms with Crippen LogP contribution < -0.4 is 0 Å². The highest BCUT2D eigenvalue weighted by Crippen LogP contribution is 2.17. The van der Waals surface area contributed by atoms with Gasteiger partial charge < -0.3 is 4.98 Å². The van der Waals surface area contributed by atoms with Crippen LogP contribution in [0.2, 0.25) is 0 Å². The number of nitrogens with zero attached hydrogens (tertiary/aromatic N) is 1. The molecule has 0 aliphatic rings. The summed E-state index contributed by atoms with van der Waals surface area (Å²) in [5.74, 6) is 0.693. The number of nitrogens with one attached hydrogen (secondary N) is 1. The molecule has 1 heterocycles. The minimum atomic E-state index is 0.525. The lowest BCUT2D eigenvalue weighted by atomic mass is 10.1. The number of H-pyrrole nitrogens is 1. The van der Waals surface area contributed by atoms with Gasteiger partial charge >= 0.3 is 0 Å². The lowest BCUT2D eigenvalue weighted by molar-refractivity contribution is 0.563. The van der Waals surface area contributed by atoms with Gasteiger partial charge in [0.1, 0.15) is 5.82 Å². The fraction of sp³-hybridized carbons (Fsp3) is 0. The van der Waals surface area contributed by atoms with Crippen LogP contribution >= 0.6 is 0 Å². The molecule has 0 spiro atoms. The van der Waals surface area contributed by atoms with Gasteiger partial charge in [-0.25, -0.2) is 4.98 Å². The highest BCUT2D eigenvalue weighted by molar-refractivity contribution is 5.85. The molecule has 2 rings (SSSR count). The molecule has 0 unspecified atom stereocenters. The van der Waals surface area contributed by atoms with E-state index in [9.17, 15) is 4.79 Å². The van der Waals surface area contributed by atoms with Crippen LogP contribution in [0, 0.1) is 0 Å². The number of imidazole rings is 1. The zero-order valence-corrected chi connectivity index (χ0v) is 6.82. The fourth-order valence-electron chi connectivity index (χ4n) is 1.19. The summed E-state index contributed by atoms with van der Waals surface area (Å²) in [6.45, 7) is 0. The van der Waals surface area contributed by atoms with Crippen LogP contribution in [0.3, 0.4) is 0 Å². The van der Waals surface area contributed by atoms with Gasteiger partial charge in [0.15, 0.2) is 0 Å². The Kier molecular flexibility index (Phi) is 1.92. The molecule has 63 valence electrons. The molecule has 0 aliphatic heterocycles. The Morgan fingerprint density at radius 1 is 1.31 bits per heavy atom. The van der Waals surface area contributed by atoms with E-state index in [1.54, 1.807) is 24.5 Å². The van der Waals surface area contributed by atoms with Gasteiger partial charge in [0.25, 0.3) is 0 Å². The average Bonchev–Trinajstić information content (AvgIpc) is 2.70. The second-order valence-corrected chi connectivity index (χ2v) is 2.59. The van der Waals surface area contributed by atoms with E-state index in [1.165, 1.54) is 0 Å². The van der Waals surface area contributed by atoms with E-state index in [4.69, 9.17) is 0 Å². The smallest absolute Gasteiger partial charge is 0.234 e. The first-order valence-corrected chi connectivity index (χ1v) is 3.89. The third-order valence-corrected chi connectivity index (χ3v) is 1.79. The molecule has 1 aromatic carbocycles. The molecule has 2 aromatic rings. The van der Waals surface area contributed by atoms with E-state index in [1.807, 2.05) is 18.4 Å². The number of aromatic amines is 1. The van der Waals surface area contributed by atoms with Gasteiger partial charge in [0.2, 0.25) is 6.29 Å².